The predicted molar refractivity (Wildman–Crippen MR) is 62.9 cm³/mol. The van der Waals surface area contributed by atoms with Crippen molar-refractivity contribution in [3.8, 4) is 5.88 Å². The van der Waals surface area contributed by atoms with Gasteiger partial charge in [0.2, 0.25) is 11.8 Å². The van der Waals surface area contributed by atoms with Crippen molar-refractivity contribution in [2.75, 3.05) is 19.4 Å². The van der Waals surface area contributed by atoms with E-state index in [1.54, 1.807) is 12.3 Å². The molecule has 1 aromatic heterocycles. The second-order valence-electron chi connectivity index (χ2n) is 3.21. The summed E-state index contributed by atoms with van der Waals surface area (Å²) in [6.07, 6.45) is 5.31. The van der Waals surface area contributed by atoms with Gasteiger partial charge in [-0.15, -0.1) is 0 Å². The third kappa shape index (κ3) is 3.61. The largest absolute Gasteiger partial charge is 0.480 e. The first-order valence-electron chi connectivity index (χ1n) is 4.84. The number of nitrogens with two attached hydrogens (primary N) is 1. The van der Waals surface area contributed by atoms with E-state index in [1.165, 1.54) is 14.0 Å². The maximum Gasteiger partial charge on any atom is 0.236 e. The highest BCUT2D eigenvalue weighted by molar-refractivity contribution is 5.73. The van der Waals surface area contributed by atoms with E-state index in [4.69, 9.17) is 10.5 Å². The Labute approximate surface area is 94.3 Å². The van der Waals surface area contributed by atoms with Gasteiger partial charge in [-0.25, -0.2) is 4.98 Å². The summed E-state index contributed by atoms with van der Waals surface area (Å²) in [4.78, 5) is 14.6. The Morgan fingerprint density at radius 3 is 3.00 bits per heavy atom. The number of nitrogens with one attached hydrogen (secondary N) is 1. The first kappa shape index (κ1) is 12.0. The molecule has 0 saturated carbocycles. The summed E-state index contributed by atoms with van der Waals surface area (Å²) in [5.41, 5.74) is 7.05. The van der Waals surface area contributed by atoms with E-state index in [2.05, 4.69) is 10.3 Å². The fraction of sp³-hybridized carbons (Fsp3) is 0.273. The molecule has 1 amide bonds. The second-order valence-corrected chi connectivity index (χ2v) is 3.21. The number of carbonyl (C=O) groups excluding carboxylic acids is 1. The number of carbonyl (C=O) groups is 1. The molecule has 0 aliphatic carbocycles. The van der Waals surface area contributed by atoms with Crippen molar-refractivity contribution in [2.24, 2.45) is 0 Å². The quantitative estimate of drug-likeness (QED) is 0.789. The van der Waals surface area contributed by atoms with Crippen LogP contribution in [0.4, 0.5) is 5.69 Å². The van der Waals surface area contributed by atoms with Crippen molar-refractivity contribution < 1.29 is 9.53 Å². The van der Waals surface area contributed by atoms with E-state index in [0.717, 1.165) is 5.56 Å². The maximum absolute atomic E-state index is 10.6. The van der Waals surface area contributed by atoms with Crippen molar-refractivity contribution in [1.29, 1.82) is 0 Å². The van der Waals surface area contributed by atoms with Crippen LogP contribution < -0.4 is 15.8 Å². The van der Waals surface area contributed by atoms with Crippen LogP contribution in [0.25, 0.3) is 6.08 Å². The monoisotopic (exact) mass is 221 g/mol. The third-order valence-corrected chi connectivity index (χ3v) is 1.87. The van der Waals surface area contributed by atoms with E-state index in [-0.39, 0.29) is 5.91 Å². The number of pyridine rings is 1. The number of anilines is 1. The molecule has 0 unspecified atom stereocenters. The Balaban J connectivity index is 2.61. The Morgan fingerprint density at radius 2 is 2.44 bits per heavy atom. The molecule has 0 radical (unpaired) electrons. The minimum atomic E-state index is -0.0583. The molecular formula is C11H15N3O2. The molecule has 3 N–H and O–H groups in total. The smallest absolute Gasteiger partial charge is 0.236 e. The van der Waals surface area contributed by atoms with E-state index in [9.17, 15) is 4.79 Å². The Hall–Kier alpha value is -2.04. The van der Waals surface area contributed by atoms with Crippen molar-refractivity contribution >= 4 is 17.7 Å². The summed E-state index contributed by atoms with van der Waals surface area (Å²) in [7, 11) is 1.52. The van der Waals surface area contributed by atoms with Gasteiger partial charge in [0.1, 0.15) is 0 Å². The van der Waals surface area contributed by atoms with Crippen LogP contribution >= 0.6 is 0 Å². The molecule has 5 heteroatoms. The lowest BCUT2D eigenvalue weighted by Crippen LogP contribution is -2.19. The zero-order valence-corrected chi connectivity index (χ0v) is 9.36. The van der Waals surface area contributed by atoms with Gasteiger partial charge in [0.25, 0.3) is 0 Å². The summed E-state index contributed by atoms with van der Waals surface area (Å²) in [5.74, 6) is 0.357. The molecule has 0 atom stereocenters. The van der Waals surface area contributed by atoms with Crippen molar-refractivity contribution in [1.82, 2.24) is 10.3 Å². The molecule has 0 aromatic carbocycles. The van der Waals surface area contributed by atoms with Gasteiger partial charge in [-0.3, -0.25) is 4.79 Å². The highest BCUT2D eigenvalue weighted by atomic mass is 16.5. The first-order valence-corrected chi connectivity index (χ1v) is 4.84. The third-order valence-electron chi connectivity index (χ3n) is 1.87. The maximum atomic E-state index is 10.6. The molecule has 1 rings (SSSR count). The van der Waals surface area contributed by atoms with Crippen LogP contribution in [0.5, 0.6) is 5.88 Å². The van der Waals surface area contributed by atoms with Gasteiger partial charge in [0.15, 0.2) is 0 Å². The predicted octanol–water partition coefficient (Wildman–Crippen LogP) is 0.822. The van der Waals surface area contributed by atoms with E-state index in [0.29, 0.717) is 18.1 Å². The minimum absolute atomic E-state index is 0.0583. The van der Waals surface area contributed by atoms with E-state index < -0.39 is 0 Å². The number of ether oxygens (including phenoxy) is 1. The number of hydrogen-bond acceptors (Lipinski definition) is 4. The number of methoxy groups -OCH3 is 1. The van der Waals surface area contributed by atoms with Gasteiger partial charge in [-0.1, -0.05) is 12.2 Å². The summed E-state index contributed by atoms with van der Waals surface area (Å²) in [6.45, 7) is 1.96. The molecule has 0 aliphatic rings. The molecule has 5 nitrogen and oxygen atoms in total. The zero-order chi connectivity index (χ0) is 12.0. The number of amides is 1. The van der Waals surface area contributed by atoms with Crippen LogP contribution in [0.2, 0.25) is 0 Å². The first-order chi connectivity index (χ1) is 7.63. The van der Waals surface area contributed by atoms with Crippen molar-refractivity contribution in [3.05, 3.63) is 23.9 Å². The topological polar surface area (TPSA) is 77.2 Å². The molecule has 16 heavy (non-hydrogen) atoms. The molecule has 0 saturated heterocycles. The van der Waals surface area contributed by atoms with Gasteiger partial charge >= 0.3 is 0 Å². The average Bonchev–Trinajstić information content (AvgIpc) is 2.24. The van der Waals surface area contributed by atoms with E-state index >= 15 is 0 Å². The van der Waals surface area contributed by atoms with Gasteiger partial charge in [-0.05, 0) is 11.6 Å². The summed E-state index contributed by atoms with van der Waals surface area (Å²) in [6, 6.07) is 1.76. The lowest BCUT2D eigenvalue weighted by molar-refractivity contribution is -0.118. The number of nitrogen functional groups attached to an aromatic ring is 1. The lowest BCUT2D eigenvalue weighted by atomic mass is 10.2. The number of rotatable bonds is 4. The molecule has 0 fully saturated rings. The molecule has 0 spiro atoms. The average molecular weight is 221 g/mol. The van der Waals surface area contributed by atoms with E-state index in [1.807, 2.05) is 12.2 Å². The van der Waals surface area contributed by atoms with Gasteiger partial charge in [0, 0.05) is 19.7 Å². The second kappa shape index (κ2) is 5.75. The number of nitrogens with zero attached hydrogens (tertiary/aromatic N) is 1. The SMILES string of the molecule is COc1ncc(C=CCNC(C)=O)cc1N. The fourth-order valence-electron chi connectivity index (χ4n) is 1.15. The van der Waals surface area contributed by atoms with Gasteiger partial charge < -0.3 is 15.8 Å². The van der Waals surface area contributed by atoms with Crippen LogP contribution in [-0.2, 0) is 4.79 Å². The molecule has 1 heterocycles. The highest BCUT2D eigenvalue weighted by Gasteiger charge is 1.99. The van der Waals surface area contributed by atoms with Crippen LogP contribution in [0.3, 0.4) is 0 Å². The van der Waals surface area contributed by atoms with Crippen LogP contribution in [-0.4, -0.2) is 24.5 Å². The number of aromatic nitrogens is 1. The van der Waals surface area contributed by atoms with Gasteiger partial charge in [-0.2, -0.15) is 0 Å². The Kier molecular flexibility index (Phi) is 4.32. The van der Waals surface area contributed by atoms with Crippen LogP contribution in [0.1, 0.15) is 12.5 Å². The molecule has 0 aliphatic heterocycles. The Bertz CT molecular complexity index is 402. The Morgan fingerprint density at radius 1 is 1.69 bits per heavy atom. The van der Waals surface area contributed by atoms with Gasteiger partial charge in [0.05, 0.1) is 12.8 Å². The molecule has 0 bridgehead atoms. The number of hydrogen-bond donors (Lipinski definition) is 2. The fourth-order valence-corrected chi connectivity index (χ4v) is 1.15. The highest BCUT2D eigenvalue weighted by Crippen LogP contribution is 2.18. The zero-order valence-electron chi connectivity index (χ0n) is 9.36. The molecule has 1 aromatic rings. The van der Waals surface area contributed by atoms with Crippen LogP contribution in [0, 0.1) is 0 Å². The van der Waals surface area contributed by atoms with Crippen molar-refractivity contribution in [2.45, 2.75) is 6.92 Å². The molecular weight excluding hydrogens is 206 g/mol. The van der Waals surface area contributed by atoms with Crippen LogP contribution in [0.15, 0.2) is 18.3 Å². The summed E-state index contributed by atoms with van der Waals surface area (Å²) in [5, 5.41) is 2.65. The lowest BCUT2D eigenvalue weighted by Gasteiger charge is -2.03. The summed E-state index contributed by atoms with van der Waals surface area (Å²) >= 11 is 0. The minimum Gasteiger partial charge on any atom is -0.480 e. The molecule has 86 valence electrons. The summed E-state index contributed by atoms with van der Waals surface area (Å²) < 4.78 is 4.94. The normalized spacial score (nSPS) is 10.4. The standard InChI is InChI=1S/C11H15N3O2/c1-8(15)13-5-3-4-9-6-10(12)11(16-2)14-7-9/h3-4,6-7H,5,12H2,1-2H3,(H,13,15). The van der Waals surface area contributed by atoms with Crippen molar-refractivity contribution in [3.63, 3.8) is 0 Å².